The van der Waals surface area contributed by atoms with Gasteiger partial charge in [-0.25, -0.2) is 0 Å². The number of aliphatic hydroxyl groups excluding tert-OH is 1. The minimum atomic E-state index is -0.703. The van der Waals surface area contributed by atoms with Crippen LogP contribution in [0.4, 0.5) is 0 Å². The first-order valence-corrected chi connectivity index (χ1v) is 9.58. The summed E-state index contributed by atoms with van der Waals surface area (Å²) in [5.74, 6) is -0.0302. The highest BCUT2D eigenvalue weighted by Gasteiger charge is 2.32. The molecule has 4 nitrogen and oxygen atoms in total. The van der Waals surface area contributed by atoms with Gasteiger partial charge in [0, 0.05) is 12.3 Å². The van der Waals surface area contributed by atoms with E-state index in [1.165, 1.54) is 0 Å². The van der Waals surface area contributed by atoms with Gasteiger partial charge in [-0.15, -0.1) is 0 Å². The van der Waals surface area contributed by atoms with Crippen molar-refractivity contribution >= 4 is 11.8 Å². The predicted octanol–water partition coefficient (Wildman–Crippen LogP) is 3.99. The first kappa shape index (κ1) is 21.1. The molecule has 1 fully saturated rings. The highest BCUT2D eigenvalue weighted by molar-refractivity contribution is 5.80. The SMILES string of the molecule is CCC1OC(=O)C(C)C(O)C(C)CC(C)CCC(=O)C(C)CC1C. The highest BCUT2D eigenvalue weighted by Crippen LogP contribution is 2.28. The lowest BCUT2D eigenvalue weighted by Crippen LogP contribution is -2.37. The van der Waals surface area contributed by atoms with E-state index in [0.717, 1.165) is 25.7 Å². The third-order valence-corrected chi connectivity index (χ3v) is 5.70. The molecule has 7 atom stereocenters. The second-order valence-corrected chi connectivity index (χ2v) is 8.10. The molecule has 1 aliphatic heterocycles. The Balaban J connectivity index is 2.95. The predicted molar refractivity (Wildman–Crippen MR) is 95.5 cm³/mol. The maximum Gasteiger partial charge on any atom is 0.311 e. The number of ketones is 1. The molecule has 0 amide bonds. The zero-order chi connectivity index (χ0) is 18.4. The number of carbonyl (C=O) groups is 2. The Hall–Kier alpha value is -0.900. The van der Waals surface area contributed by atoms with Crippen LogP contribution in [0.3, 0.4) is 0 Å². The molecule has 0 aromatic carbocycles. The molecule has 0 aliphatic carbocycles. The first-order chi connectivity index (χ1) is 11.2. The number of carbonyl (C=O) groups excluding carboxylic acids is 2. The molecule has 0 aromatic heterocycles. The third kappa shape index (κ3) is 5.87. The average molecular weight is 341 g/mol. The number of hydrogen-bond acceptors (Lipinski definition) is 4. The van der Waals surface area contributed by atoms with E-state index in [0.29, 0.717) is 18.1 Å². The van der Waals surface area contributed by atoms with Crippen LogP contribution in [-0.4, -0.2) is 29.1 Å². The quantitative estimate of drug-likeness (QED) is 0.733. The fraction of sp³-hybridized carbons (Fsp3) is 0.900. The highest BCUT2D eigenvalue weighted by atomic mass is 16.5. The van der Waals surface area contributed by atoms with E-state index in [1.54, 1.807) is 6.92 Å². The molecule has 0 saturated carbocycles. The molecule has 7 unspecified atom stereocenters. The number of hydrogen-bond donors (Lipinski definition) is 1. The topological polar surface area (TPSA) is 63.6 Å². The van der Waals surface area contributed by atoms with Crippen molar-refractivity contribution in [3.8, 4) is 0 Å². The second kappa shape index (κ2) is 9.55. The van der Waals surface area contributed by atoms with E-state index in [2.05, 4.69) is 6.92 Å². The van der Waals surface area contributed by atoms with Crippen LogP contribution in [0.2, 0.25) is 0 Å². The molecule has 24 heavy (non-hydrogen) atoms. The van der Waals surface area contributed by atoms with E-state index in [1.807, 2.05) is 27.7 Å². The van der Waals surface area contributed by atoms with E-state index in [9.17, 15) is 14.7 Å². The fourth-order valence-electron chi connectivity index (χ4n) is 3.86. The normalized spacial score (nSPS) is 40.7. The Bertz CT molecular complexity index is 420. The monoisotopic (exact) mass is 340 g/mol. The van der Waals surface area contributed by atoms with Crippen LogP contribution in [0, 0.1) is 29.6 Å². The zero-order valence-electron chi connectivity index (χ0n) is 16.2. The van der Waals surface area contributed by atoms with Crippen LogP contribution in [0.1, 0.15) is 73.6 Å². The Morgan fingerprint density at radius 3 is 2.25 bits per heavy atom. The van der Waals surface area contributed by atoms with E-state index < -0.39 is 12.0 Å². The van der Waals surface area contributed by atoms with Crippen molar-refractivity contribution in [1.29, 1.82) is 0 Å². The molecule has 0 aromatic rings. The van der Waals surface area contributed by atoms with Crippen molar-refractivity contribution in [1.82, 2.24) is 0 Å². The summed E-state index contributed by atoms with van der Waals surface area (Å²) < 4.78 is 5.69. The lowest BCUT2D eigenvalue weighted by Gasteiger charge is -2.30. The van der Waals surface area contributed by atoms with Crippen LogP contribution in [0.25, 0.3) is 0 Å². The van der Waals surface area contributed by atoms with E-state index in [-0.39, 0.29) is 29.8 Å². The van der Waals surface area contributed by atoms with Gasteiger partial charge in [0.25, 0.3) is 0 Å². The molecule has 0 bridgehead atoms. The molecule has 1 aliphatic rings. The van der Waals surface area contributed by atoms with E-state index >= 15 is 0 Å². The lowest BCUT2D eigenvalue weighted by molar-refractivity contribution is -0.161. The number of esters is 1. The van der Waals surface area contributed by atoms with Crippen LogP contribution in [0.5, 0.6) is 0 Å². The molecule has 1 N–H and O–H groups in total. The first-order valence-electron chi connectivity index (χ1n) is 9.58. The van der Waals surface area contributed by atoms with Gasteiger partial charge >= 0.3 is 5.97 Å². The van der Waals surface area contributed by atoms with Gasteiger partial charge in [0.05, 0.1) is 12.0 Å². The maximum atomic E-state index is 12.4. The molecule has 1 saturated heterocycles. The summed E-state index contributed by atoms with van der Waals surface area (Å²) in [7, 11) is 0. The number of aliphatic hydroxyl groups is 1. The van der Waals surface area contributed by atoms with Gasteiger partial charge in [-0.05, 0) is 50.4 Å². The van der Waals surface area contributed by atoms with Gasteiger partial charge in [-0.3, -0.25) is 9.59 Å². The lowest BCUT2D eigenvalue weighted by atomic mass is 9.83. The van der Waals surface area contributed by atoms with Crippen molar-refractivity contribution in [3.05, 3.63) is 0 Å². The number of cyclic esters (lactones) is 1. The van der Waals surface area contributed by atoms with Crippen LogP contribution in [0.15, 0.2) is 0 Å². The number of rotatable bonds is 1. The summed E-state index contributed by atoms with van der Waals surface area (Å²) in [6.45, 7) is 11.9. The zero-order valence-corrected chi connectivity index (χ0v) is 16.2. The van der Waals surface area contributed by atoms with Gasteiger partial charge in [-0.1, -0.05) is 34.6 Å². The maximum absolute atomic E-state index is 12.4. The largest absolute Gasteiger partial charge is 0.462 e. The Kier molecular flexibility index (Phi) is 8.41. The molecule has 0 radical (unpaired) electrons. The second-order valence-electron chi connectivity index (χ2n) is 8.10. The summed E-state index contributed by atoms with van der Waals surface area (Å²) in [5, 5.41) is 10.5. The summed E-state index contributed by atoms with van der Waals surface area (Å²) in [4.78, 5) is 24.8. The standard InChI is InChI=1S/C20H36O4/c1-7-18-14(4)11-13(3)17(21)9-8-12(2)10-15(5)19(22)16(6)20(23)24-18/h12-16,18-19,22H,7-11H2,1-6H3. The molecule has 0 spiro atoms. The van der Waals surface area contributed by atoms with E-state index in [4.69, 9.17) is 4.74 Å². The average Bonchev–Trinajstić information content (AvgIpc) is 2.54. The van der Waals surface area contributed by atoms with Gasteiger partial charge in [0.2, 0.25) is 0 Å². The Morgan fingerprint density at radius 1 is 1.04 bits per heavy atom. The van der Waals surface area contributed by atoms with Crippen molar-refractivity contribution in [2.75, 3.05) is 0 Å². The minimum absolute atomic E-state index is 0.00308. The van der Waals surface area contributed by atoms with Crippen molar-refractivity contribution in [2.45, 2.75) is 85.9 Å². The van der Waals surface area contributed by atoms with Crippen molar-refractivity contribution in [3.63, 3.8) is 0 Å². The summed E-state index contributed by atoms with van der Waals surface area (Å²) in [6.07, 6.45) is 2.84. The number of ether oxygens (including phenoxy) is 1. The summed E-state index contributed by atoms with van der Waals surface area (Å²) >= 11 is 0. The smallest absolute Gasteiger partial charge is 0.311 e. The van der Waals surface area contributed by atoms with Crippen LogP contribution in [-0.2, 0) is 14.3 Å². The molecule has 1 rings (SSSR count). The molecule has 4 heteroatoms. The van der Waals surface area contributed by atoms with Crippen molar-refractivity contribution < 1.29 is 19.4 Å². The van der Waals surface area contributed by atoms with Crippen molar-refractivity contribution in [2.24, 2.45) is 29.6 Å². The van der Waals surface area contributed by atoms with Crippen LogP contribution < -0.4 is 0 Å². The van der Waals surface area contributed by atoms with Gasteiger partial charge in [-0.2, -0.15) is 0 Å². The minimum Gasteiger partial charge on any atom is -0.462 e. The van der Waals surface area contributed by atoms with Gasteiger partial charge < -0.3 is 9.84 Å². The molecule has 140 valence electrons. The summed E-state index contributed by atoms with van der Waals surface area (Å²) in [6, 6.07) is 0. The fourth-order valence-corrected chi connectivity index (χ4v) is 3.86. The van der Waals surface area contributed by atoms with Crippen LogP contribution >= 0.6 is 0 Å². The number of Topliss-reactive ketones (excluding diaryl/α,β-unsaturated/α-hetero) is 1. The molecular formula is C20H36O4. The van der Waals surface area contributed by atoms with Gasteiger partial charge in [0.15, 0.2) is 0 Å². The molecule has 1 heterocycles. The summed E-state index contributed by atoms with van der Waals surface area (Å²) in [5.41, 5.74) is 0. The Labute approximate surface area is 147 Å². The molecular weight excluding hydrogens is 304 g/mol. The Morgan fingerprint density at radius 2 is 1.67 bits per heavy atom. The third-order valence-electron chi connectivity index (χ3n) is 5.70. The van der Waals surface area contributed by atoms with Gasteiger partial charge in [0.1, 0.15) is 11.9 Å².